The molecule has 1 aliphatic rings. The van der Waals surface area contributed by atoms with Gasteiger partial charge in [0.15, 0.2) is 0 Å². The molecule has 1 saturated carbocycles. The van der Waals surface area contributed by atoms with Gasteiger partial charge >= 0.3 is 0 Å². The van der Waals surface area contributed by atoms with Crippen molar-refractivity contribution in [3.63, 3.8) is 0 Å². The highest BCUT2D eigenvalue weighted by Gasteiger charge is 2.18. The Balaban J connectivity index is 1.39. The summed E-state index contributed by atoms with van der Waals surface area (Å²) in [7, 11) is 0. The quantitative estimate of drug-likeness (QED) is 0.329. The molecule has 0 amide bonds. The first kappa shape index (κ1) is 21.2. The molecule has 0 aromatic heterocycles. The van der Waals surface area contributed by atoms with Crippen molar-refractivity contribution in [3.05, 3.63) is 66.2 Å². The molecule has 0 heterocycles. The lowest BCUT2D eigenvalue weighted by Gasteiger charge is -2.26. The zero-order chi connectivity index (χ0) is 20.3. The van der Waals surface area contributed by atoms with Gasteiger partial charge in [0.25, 0.3) is 0 Å². The third-order valence-electron chi connectivity index (χ3n) is 6.06. The number of unbranched alkanes of at least 4 members (excludes halogenated alkanes) is 2. The molecule has 0 bridgehead atoms. The van der Waals surface area contributed by atoms with Crippen LogP contribution in [0.3, 0.4) is 0 Å². The molecule has 0 saturated heterocycles. The second-order valence-electron chi connectivity index (χ2n) is 8.23. The second kappa shape index (κ2) is 11.5. The Morgan fingerprint density at radius 1 is 0.931 bits per heavy atom. The van der Waals surface area contributed by atoms with Crippen molar-refractivity contribution in [1.82, 2.24) is 0 Å². The maximum atomic E-state index is 8.90. The lowest BCUT2D eigenvalue weighted by Crippen LogP contribution is -2.13. The monoisotopic (exact) mass is 387 g/mol. The van der Waals surface area contributed by atoms with E-state index in [9.17, 15) is 0 Å². The van der Waals surface area contributed by atoms with Crippen molar-refractivity contribution < 1.29 is 4.74 Å². The molecule has 2 aromatic carbocycles. The van der Waals surface area contributed by atoms with Gasteiger partial charge in [0.05, 0.1) is 11.6 Å². The van der Waals surface area contributed by atoms with Crippen molar-refractivity contribution in [2.24, 2.45) is 11.8 Å². The van der Waals surface area contributed by atoms with Crippen LogP contribution in [0.1, 0.15) is 63.9 Å². The normalized spacial score (nSPS) is 19.2. The fraction of sp³-hybridized carbons (Fsp3) is 0.444. The van der Waals surface area contributed by atoms with Crippen molar-refractivity contribution in [2.45, 2.75) is 58.3 Å². The van der Waals surface area contributed by atoms with Crippen LogP contribution >= 0.6 is 0 Å². The summed E-state index contributed by atoms with van der Waals surface area (Å²) in [4.78, 5) is 0. The van der Waals surface area contributed by atoms with E-state index in [1.54, 1.807) is 0 Å². The molecule has 0 radical (unpaired) electrons. The molecule has 0 N–H and O–H groups in total. The average molecular weight is 388 g/mol. The highest BCUT2D eigenvalue weighted by molar-refractivity contribution is 5.64. The first-order valence-electron chi connectivity index (χ1n) is 11.2. The van der Waals surface area contributed by atoms with Gasteiger partial charge in [-0.05, 0) is 72.9 Å². The molecular weight excluding hydrogens is 354 g/mol. The minimum atomic E-state index is 0.632. The minimum absolute atomic E-state index is 0.632. The van der Waals surface area contributed by atoms with Crippen LogP contribution in [0.2, 0.25) is 0 Å². The first-order chi connectivity index (χ1) is 14.3. The van der Waals surface area contributed by atoms with Gasteiger partial charge in [-0.1, -0.05) is 69.0 Å². The fourth-order valence-corrected chi connectivity index (χ4v) is 4.23. The van der Waals surface area contributed by atoms with Gasteiger partial charge in [0.2, 0.25) is 0 Å². The Kier molecular flexibility index (Phi) is 8.38. The Morgan fingerprint density at radius 2 is 1.59 bits per heavy atom. The van der Waals surface area contributed by atoms with E-state index in [-0.39, 0.29) is 0 Å². The van der Waals surface area contributed by atoms with E-state index in [0.717, 1.165) is 28.7 Å². The molecule has 1 aliphatic carbocycles. The Bertz CT molecular complexity index is 790. The van der Waals surface area contributed by atoms with Crippen LogP contribution in [-0.4, -0.2) is 6.61 Å². The van der Waals surface area contributed by atoms with Gasteiger partial charge in [-0.15, -0.1) is 0 Å². The summed E-state index contributed by atoms with van der Waals surface area (Å²) in [6, 6.07) is 18.0. The third kappa shape index (κ3) is 6.79. The van der Waals surface area contributed by atoms with Crippen LogP contribution in [0.4, 0.5) is 0 Å². The predicted molar refractivity (Wildman–Crippen MR) is 121 cm³/mol. The summed E-state index contributed by atoms with van der Waals surface area (Å²) in [6.45, 7) is 2.92. The standard InChI is InChI=1S/C27H33NO/c1-2-3-4-6-22-8-10-23(11-9-22)7-5-20-29-27-18-16-26(17-19-27)25-14-12-24(21-28)13-15-25/h5,7,12-19,22-23H,2-4,6,8-11,20H2,1H3/b7-5+. The molecule has 3 rings (SSSR count). The van der Waals surface area contributed by atoms with Crippen LogP contribution in [0.25, 0.3) is 11.1 Å². The zero-order valence-electron chi connectivity index (χ0n) is 17.6. The molecular formula is C27H33NO. The zero-order valence-corrected chi connectivity index (χ0v) is 17.6. The van der Waals surface area contributed by atoms with Crippen LogP contribution in [-0.2, 0) is 0 Å². The van der Waals surface area contributed by atoms with Gasteiger partial charge in [-0.25, -0.2) is 0 Å². The summed E-state index contributed by atoms with van der Waals surface area (Å²) in [5, 5.41) is 8.90. The van der Waals surface area contributed by atoms with Gasteiger partial charge < -0.3 is 4.74 Å². The Morgan fingerprint density at radius 3 is 2.21 bits per heavy atom. The molecule has 0 aliphatic heterocycles. The smallest absolute Gasteiger partial charge is 0.119 e. The number of allylic oxidation sites excluding steroid dienone is 1. The largest absolute Gasteiger partial charge is 0.490 e. The van der Waals surface area contributed by atoms with E-state index < -0.39 is 0 Å². The highest BCUT2D eigenvalue weighted by atomic mass is 16.5. The summed E-state index contributed by atoms with van der Waals surface area (Å²) in [5.74, 6) is 2.60. The molecule has 2 heteroatoms. The number of nitrogens with zero attached hydrogens (tertiary/aromatic N) is 1. The van der Waals surface area contributed by atoms with Crippen molar-refractivity contribution >= 4 is 0 Å². The number of rotatable bonds is 9. The summed E-state index contributed by atoms with van der Waals surface area (Å²) in [6.07, 6.45) is 15.6. The maximum absolute atomic E-state index is 8.90. The molecule has 152 valence electrons. The van der Waals surface area contributed by atoms with E-state index in [2.05, 4.69) is 37.3 Å². The Hall–Kier alpha value is -2.53. The van der Waals surface area contributed by atoms with Crippen molar-refractivity contribution in [2.75, 3.05) is 6.61 Å². The Labute approximate surface area is 176 Å². The second-order valence-corrected chi connectivity index (χ2v) is 8.23. The molecule has 29 heavy (non-hydrogen) atoms. The van der Waals surface area contributed by atoms with E-state index in [1.807, 2.05) is 36.4 Å². The number of ether oxygens (including phenoxy) is 1. The SMILES string of the molecule is CCCCCC1CCC(/C=C/COc2ccc(-c3ccc(C#N)cc3)cc2)CC1. The minimum Gasteiger partial charge on any atom is -0.490 e. The summed E-state index contributed by atoms with van der Waals surface area (Å²) >= 11 is 0. The van der Waals surface area contributed by atoms with Crippen molar-refractivity contribution in [1.29, 1.82) is 5.26 Å². The first-order valence-corrected chi connectivity index (χ1v) is 11.2. The van der Waals surface area contributed by atoms with E-state index in [0.29, 0.717) is 12.2 Å². The average Bonchev–Trinajstić information content (AvgIpc) is 2.78. The maximum Gasteiger partial charge on any atom is 0.119 e. The third-order valence-corrected chi connectivity index (χ3v) is 6.06. The highest BCUT2D eigenvalue weighted by Crippen LogP contribution is 2.32. The van der Waals surface area contributed by atoms with E-state index in [4.69, 9.17) is 10.00 Å². The lowest BCUT2D eigenvalue weighted by atomic mass is 9.79. The molecule has 0 unspecified atom stereocenters. The molecule has 1 fully saturated rings. The fourth-order valence-electron chi connectivity index (χ4n) is 4.23. The number of nitriles is 1. The number of hydrogen-bond acceptors (Lipinski definition) is 2. The lowest BCUT2D eigenvalue weighted by molar-refractivity contribution is 0.288. The molecule has 2 aromatic rings. The van der Waals surface area contributed by atoms with Crippen LogP contribution in [0.15, 0.2) is 60.7 Å². The number of hydrogen-bond donors (Lipinski definition) is 0. The van der Waals surface area contributed by atoms with Crippen molar-refractivity contribution in [3.8, 4) is 22.9 Å². The molecule has 2 nitrogen and oxygen atoms in total. The van der Waals surface area contributed by atoms with Gasteiger partial charge in [-0.2, -0.15) is 5.26 Å². The van der Waals surface area contributed by atoms with Gasteiger partial charge in [-0.3, -0.25) is 0 Å². The topological polar surface area (TPSA) is 33.0 Å². The van der Waals surface area contributed by atoms with E-state index >= 15 is 0 Å². The van der Waals surface area contributed by atoms with Crippen LogP contribution < -0.4 is 4.74 Å². The van der Waals surface area contributed by atoms with E-state index in [1.165, 1.54) is 51.4 Å². The predicted octanol–water partition coefficient (Wildman–Crippen LogP) is 7.55. The van der Waals surface area contributed by atoms with Gasteiger partial charge in [0, 0.05) is 0 Å². The molecule has 0 atom stereocenters. The van der Waals surface area contributed by atoms with Crippen LogP contribution in [0, 0.1) is 23.2 Å². The summed E-state index contributed by atoms with van der Waals surface area (Å²) in [5.41, 5.74) is 2.93. The van der Waals surface area contributed by atoms with Gasteiger partial charge in [0.1, 0.15) is 12.4 Å². The van der Waals surface area contributed by atoms with Crippen LogP contribution in [0.5, 0.6) is 5.75 Å². The number of benzene rings is 2. The molecule has 0 spiro atoms. The summed E-state index contributed by atoms with van der Waals surface area (Å²) < 4.78 is 5.88.